The molecule has 5 heterocycles. The topological polar surface area (TPSA) is 453 Å². The van der Waals surface area contributed by atoms with Crippen LogP contribution in [0.1, 0.15) is 113 Å². The van der Waals surface area contributed by atoms with Gasteiger partial charge in [0, 0.05) is 10.8 Å². The summed E-state index contributed by atoms with van der Waals surface area (Å²) in [6, 6.07) is 0. The van der Waals surface area contributed by atoms with E-state index in [1.54, 1.807) is 0 Å². The Hall–Kier alpha value is -1.83. The van der Waals surface area contributed by atoms with Gasteiger partial charge in [-0.1, -0.05) is 60.1 Å². The number of aliphatic hydroxyl groups is 16. The maximum Gasteiger partial charge on any atom is 0.335 e. The molecule has 0 aromatic rings. The number of fused-ring (bicyclic) bond motifs is 7. The Bertz CT molecular complexity index is 2460. The Morgan fingerprint density at radius 2 is 0.966 bits per heavy atom. The summed E-state index contributed by atoms with van der Waals surface area (Å²) in [7, 11) is 0. The summed E-state index contributed by atoms with van der Waals surface area (Å²) in [5, 5.41) is 184. The number of rotatable bonds is 15. The van der Waals surface area contributed by atoms with Crippen LogP contribution >= 0.6 is 0 Å². The molecule has 0 bridgehead atoms. The van der Waals surface area contributed by atoms with Crippen molar-refractivity contribution in [3.8, 4) is 0 Å². The van der Waals surface area contributed by atoms with Gasteiger partial charge in [0.05, 0.1) is 44.7 Å². The molecule has 4 saturated carbocycles. The summed E-state index contributed by atoms with van der Waals surface area (Å²) in [5.74, 6) is -1.85. The van der Waals surface area contributed by atoms with Gasteiger partial charge in [-0.05, 0) is 104 Å². The maximum atomic E-state index is 12.7. The molecule has 28 nitrogen and oxygen atoms in total. The minimum absolute atomic E-state index is 0.0385. The fraction of sp³-hybridized carbons (Fsp3) is 0.950. The molecule has 10 rings (SSSR count). The number of carbonyl (C=O) groups is 1. The van der Waals surface area contributed by atoms with Crippen molar-refractivity contribution in [1.82, 2.24) is 0 Å². The summed E-state index contributed by atoms with van der Waals surface area (Å²) in [6.07, 6.45) is -36.7. The van der Waals surface area contributed by atoms with Gasteiger partial charge in [-0.25, -0.2) is 4.79 Å². The van der Waals surface area contributed by atoms with Crippen LogP contribution in [0.4, 0.5) is 0 Å². The fourth-order valence-corrected chi connectivity index (χ4v) is 18.1. The normalized spacial score (nSPS) is 55.5. The number of hydrogen-bond donors (Lipinski definition) is 17. The maximum absolute atomic E-state index is 12.7. The number of hydrogen-bond acceptors (Lipinski definition) is 27. The lowest BCUT2D eigenvalue weighted by atomic mass is 9.33. The molecule has 0 unspecified atom stereocenters. The third-order valence-electron chi connectivity index (χ3n) is 23.7. The van der Waals surface area contributed by atoms with E-state index in [4.69, 9.17) is 47.4 Å². The number of carboxylic acid groups (broad SMARTS) is 1. The van der Waals surface area contributed by atoms with Crippen LogP contribution in [0.5, 0.6) is 0 Å². The van der Waals surface area contributed by atoms with Gasteiger partial charge in [0.15, 0.2) is 37.6 Å². The lowest BCUT2D eigenvalue weighted by Gasteiger charge is -2.72. The van der Waals surface area contributed by atoms with Crippen LogP contribution in [0, 0.1) is 50.2 Å². The lowest BCUT2D eigenvalue weighted by Crippen LogP contribution is -2.68. The highest BCUT2D eigenvalue weighted by Gasteiger charge is 2.71. The van der Waals surface area contributed by atoms with Crippen LogP contribution in [0.25, 0.3) is 0 Å². The van der Waals surface area contributed by atoms with Gasteiger partial charge in [0.2, 0.25) is 0 Å². The molecule has 0 amide bonds. The molecule has 0 radical (unpaired) electrons. The Balaban J connectivity index is 0.905. The average molecular weight is 1270 g/mol. The fourth-order valence-electron chi connectivity index (χ4n) is 18.1. The third kappa shape index (κ3) is 11.4. The summed E-state index contributed by atoms with van der Waals surface area (Å²) in [4.78, 5) is 12.7. The lowest BCUT2D eigenvalue weighted by molar-refractivity contribution is -0.396. The van der Waals surface area contributed by atoms with Gasteiger partial charge >= 0.3 is 5.97 Å². The average Bonchev–Trinajstić information content (AvgIpc) is 0.678. The molecule has 35 atom stereocenters. The Morgan fingerprint density at radius 3 is 1.51 bits per heavy atom. The number of carboxylic acids is 1. The monoisotopic (exact) mass is 1270 g/mol. The predicted octanol–water partition coefficient (Wildman–Crippen LogP) is -3.65. The summed E-state index contributed by atoms with van der Waals surface area (Å²) in [6.45, 7) is 14.1. The highest BCUT2D eigenvalue weighted by Crippen LogP contribution is 2.76. The molecule has 17 N–H and O–H groups in total. The van der Waals surface area contributed by atoms with Crippen LogP contribution in [-0.2, 0) is 52.2 Å². The minimum Gasteiger partial charge on any atom is -0.479 e. The van der Waals surface area contributed by atoms with E-state index in [9.17, 15) is 91.6 Å². The van der Waals surface area contributed by atoms with Gasteiger partial charge in [-0.15, -0.1) is 0 Å². The van der Waals surface area contributed by atoms with Crippen LogP contribution in [0.15, 0.2) is 11.6 Å². The van der Waals surface area contributed by atoms with Crippen molar-refractivity contribution in [1.29, 1.82) is 0 Å². The number of aliphatic hydroxyl groups excluding tert-OH is 16. The molecule has 0 aromatic heterocycles. The number of allylic oxidation sites excluding steroid dienone is 2. The number of aliphatic carboxylic acids is 1. The van der Waals surface area contributed by atoms with E-state index in [0.29, 0.717) is 38.5 Å². The van der Waals surface area contributed by atoms with E-state index in [1.807, 2.05) is 6.92 Å². The van der Waals surface area contributed by atoms with Crippen molar-refractivity contribution < 1.29 is 139 Å². The minimum atomic E-state index is -2.14. The first-order valence-corrected chi connectivity index (χ1v) is 31.3. The van der Waals surface area contributed by atoms with E-state index in [0.717, 1.165) is 19.3 Å². The van der Waals surface area contributed by atoms with Crippen LogP contribution < -0.4 is 0 Å². The highest BCUT2D eigenvalue weighted by atomic mass is 16.8. The SMILES string of the molecule is C[C@@H]1O[C@@H](O[C@H]2[C@H](O[C@H]3[C@H](O[C@H]4CC[C@@]5(C)[C@@H](CC[C@]6(C)[C@@H]5CC=C5[C@@H]7CC(C)(C)C[C@@H](O[C@@H]8O[C@H](CO)[C@@H](O)[C@H](O)[C@H]8O[C@@H]8O[C@H](CO)[C@@H](O)[C@H](O)[C@H]8O)[C@]7(C)CC[C@]56C)[C@@]4(C)CO)O[C@H](C(=O)O)[C@@H](O)[C@@H]3O)O[C@H](CO)[C@@H](O)[C@@H]2O)[C@H](O)[C@H](O)[C@H]1O. The molecule has 0 spiro atoms. The first-order chi connectivity index (χ1) is 41.2. The largest absolute Gasteiger partial charge is 0.479 e. The molecule has 5 saturated heterocycles. The van der Waals surface area contributed by atoms with Crippen molar-refractivity contribution in [3.63, 3.8) is 0 Å². The first kappa shape index (κ1) is 69.0. The van der Waals surface area contributed by atoms with Crippen LogP contribution in [0.2, 0.25) is 0 Å². The predicted molar refractivity (Wildman–Crippen MR) is 296 cm³/mol. The number of ether oxygens (including phenoxy) is 10. The second-order valence-corrected chi connectivity index (χ2v) is 29.2. The molecule has 88 heavy (non-hydrogen) atoms. The second kappa shape index (κ2) is 25.4. The summed E-state index contributed by atoms with van der Waals surface area (Å²) in [5.41, 5.74) is -1.75. The third-order valence-corrected chi connectivity index (χ3v) is 23.7. The summed E-state index contributed by atoms with van der Waals surface area (Å²) >= 11 is 0. The quantitative estimate of drug-likeness (QED) is 0.0555. The van der Waals surface area contributed by atoms with E-state index in [2.05, 4.69) is 47.6 Å². The molecule has 506 valence electrons. The van der Waals surface area contributed by atoms with E-state index < -0.39 is 214 Å². The van der Waals surface area contributed by atoms with E-state index in [1.165, 1.54) is 12.5 Å². The van der Waals surface area contributed by atoms with Crippen LogP contribution in [0.3, 0.4) is 0 Å². The van der Waals surface area contributed by atoms with Gasteiger partial charge in [-0.2, -0.15) is 0 Å². The Kier molecular flexibility index (Phi) is 19.9. The second-order valence-electron chi connectivity index (χ2n) is 29.2. The molecular formula is C60H98O28. The molecule has 10 aliphatic rings. The molecule has 9 fully saturated rings. The molecular weight excluding hydrogens is 1170 g/mol. The van der Waals surface area contributed by atoms with Crippen molar-refractivity contribution in [2.45, 2.75) is 279 Å². The first-order valence-electron chi connectivity index (χ1n) is 31.3. The van der Waals surface area contributed by atoms with Crippen LogP contribution in [-0.4, -0.2) is 285 Å². The van der Waals surface area contributed by atoms with Crippen molar-refractivity contribution >= 4 is 5.97 Å². The van der Waals surface area contributed by atoms with Crippen molar-refractivity contribution in [2.75, 3.05) is 26.4 Å². The zero-order valence-electron chi connectivity index (χ0n) is 51.2. The molecule has 0 aromatic carbocycles. The standard InChI is InChI=1S/C60H98O28/c1-23-33(65)37(69)43(75)50(79-23)86-47-40(72)36(68)28(21-63)82-53(47)88-48-42(74)41(73)45(49(77)78)85-54(48)83-31-12-13-57(5)29(58(31,6)22-64)11-14-60(8)30(57)10-9-24-25-17-55(2,3)18-32(56(25,4)15-16-59(24,60)7)84-52-46(39(71)35(67)27(20-62)81-52)87-51-44(76)38(70)34(66)26(19-61)80-51/h9,23,25-48,50-54,61-76H,10-22H2,1-8H3,(H,77,78)/t23-,25-,26+,27+,28+,29+,30+,31-,32+,33-,34+,35+,36+,37+,38-,39-,40-,41-,42-,43+,44+,45-,46+,47+,48+,50-,51-,52-,53-,54+,56+,57-,58+,59+,60+/m0/s1. The molecule has 5 aliphatic heterocycles. The smallest absolute Gasteiger partial charge is 0.335 e. The zero-order chi connectivity index (χ0) is 64.4. The molecule has 5 aliphatic carbocycles. The van der Waals surface area contributed by atoms with E-state index >= 15 is 0 Å². The van der Waals surface area contributed by atoms with E-state index in [-0.39, 0.29) is 34.0 Å². The zero-order valence-corrected chi connectivity index (χ0v) is 51.2. The highest BCUT2D eigenvalue weighted by molar-refractivity contribution is 5.73. The van der Waals surface area contributed by atoms with Gasteiger partial charge < -0.3 is 134 Å². The van der Waals surface area contributed by atoms with Crippen molar-refractivity contribution in [3.05, 3.63) is 11.6 Å². The molecule has 28 heteroatoms. The van der Waals surface area contributed by atoms with Gasteiger partial charge in [0.25, 0.3) is 0 Å². The summed E-state index contributed by atoms with van der Waals surface area (Å²) < 4.78 is 61.4. The Morgan fingerprint density at radius 1 is 0.489 bits per heavy atom. The van der Waals surface area contributed by atoms with Crippen molar-refractivity contribution in [2.24, 2.45) is 50.2 Å². The van der Waals surface area contributed by atoms with Gasteiger partial charge in [0.1, 0.15) is 110 Å². The van der Waals surface area contributed by atoms with Gasteiger partial charge in [-0.3, -0.25) is 0 Å². The Labute approximate surface area is 510 Å².